The van der Waals surface area contributed by atoms with Crippen molar-refractivity contribution in [1.82, 2.24) is 10.1 Å². The van der Waals surface area contributed by atoms with Gasteiger partial charge in [-0.15, -0.1) is 0 Å². The maximum Gasteiger partial charge on any atom is 0.246 e. The molecule has 0 radical (unpaired) electrons. The third kappa shape index (κ3) is 2.62. The molecule has 2 saturated carbocycles. The summed E-state index contributed by atoms with van der Waals surface area (Å²) in [6, 6.07) is 0. The lowest BCUT2D eigenvalue weighted by Crippen LogP contribution is -2.40. The maximum atomic E-state index is 6.54. The Morgan fingerprint density at radius 1 is 1.25 bits per heavy atom. The lowest BCUT2D eigenvalue weighted by Gasteiger charge is -2.33. The van der Waals surface area contributed by atoms with E-state index < -0.39 is 0 Å². The number of aromatic nitrogens is 2. The fourth-order valence-corrected chi connectivity index (χ4v) is 3.86. The molecule has 0 spiro atoms. The number of hydrogen-bond acceptors (Lipinski definition) is 4. The van der Waals surface area contributed by atoms with Gasteiger partial charge >= 0.3 is 0 Å². The molecule has 2 aliphatic carbocycles. The van der Waals surface area contributed by atoms with Crippen LogP contribution in [0.25, 0.3) is 0 Å². The van der Waals surface area contributed by atoms with Gasteiger partial charge < -0.3 is 10.3 Å². The molecule has 2 fully saturated rings. The molecule has 3 rings (SSSR count). The first-order valence-corrected chi connectivity index (χ1v) is 8.23. The molecule has 2 N–H and O–H groups in total. The predicted molar refractivity (Wildman–Crippen MR) is 78.2 cm³/mol. The van der Waals surface area contributed by atoms with E-state index in [4.69, 9.17) is 10.3 Å². The minimum Gasteiger partial charge on any atom is -0.337 e. The Morgan fingerprint density at radius 3 is 2.60 bits per heavy atom. The largest absolute Gasteiger partial charge is 0.337 e. The highest BCUT2D eigenvalue weighted by atomic mass is 16.5. The van der Waals surface area contributed by atoms with Gasteiger partial charge in [0.15, 0.2) is 5.82 Å². The van der Waals surface area contributed by atoms with Crippen LogP contribution in [-0.2, 0) is 5.54 Å². The van der Waals surface area contributed by atoms with E-state index >= 15 is 0 Å². The summed E-state index contributed by atoms with van der Waals surface area (Å²) in [4.78, 5) is 4.67. The van der Waals surface area contributed by atoms with Gasteiger partial charge in [0.2, 0.25) is 5.89 Å². The molecule has 20 heavy (non-hydrogen) atoms. The van der Waals surface area contributed by atoms with Crippen molar-refractivity contribution in [2.75, 3.05) is 0 Å². The normalized spacial score (nSPS) is 38.2. The van der Waals surface area contributed by atoms with Gasteiger partial charge in [-0.25, -0.2) is 0 Å². The highest BCUT2D eigenvalue weighted by molar-refractivity contribution is 5.07. The Balaban J connectivity index is 1.70. The molecule has 0 aromatic carbocycles. The smallest absolute Gasteiger partial charge is 0.246 e. The Kier molecular flexibility index (Phi) is 3.85. The molecule has 1 aromatic heterocycles. The molecule has 112 valence electrons. The van der Waals surface area contributed by atoms with Crippen LogP contribution >= 0.6 is 0 Å². The molecule has 0 bridgehead atoms. The molecule has 0 aliphatic heterocycles. The summed E-state index contributed by atoms with van der Waals surface area (Å²) in [7, 11) is 0. The first-order chi connectivity index (χ1) is 9.60. The van der Waals surface area contributed by atoms with E-state index in [2.05, 4.69) is 24.0 Å². The molecular formula is C16H27N3O. The summed E-state index contributed by atoms with van der Waals surface area (Å²) in [5, 5.41) is 4.23. The molecule has 2 unspecified atom stereocenters. The number of nitrogens with zero attached hydrogens (tertiary/aromatic N) is 2. The lowest BCUT2D eigenvalue weighted by molar-refractivity contribution is 0.181. The van der Waals surface area contributed by atoms with Crippen LogP contribution in [0.1, 0.15) is 82.8 Å². The first-order valence-electron chi connectivity index (χ1n) is 8.23. The summed E-state index contributed by atoms with van der Waals surface area (Å²) < 4.78 is 5.54. The van der Waals surface area contributed by atoms with Crippen molar-refractivity contribution in [2.45, 2.75) is 76.7 Å². The second-order valence-corrected chi connectivity index (χ2v) is 7.08. The van der Waals surface area contributed by atoms with Gasteiger partial charge in [0, 0.05) is 5.92 Å². The number of hydrogen-bond donors (Lipinski definition) is 1. The van der Waals surface area contributed by atoms with E-state index in [1.807, 2.05) is 0 Å². The fraction of sp³-hybridized carbons (Fsp3) is 0.875. The van der Waals surface area contributed by atoms with Crippen LogP contribution in [0.5, 0.6) is 0 Å². The topological polar surface area (TPSA) is 64.9 Å². The SMILES string of the molecule is CCC1CCC(N)(c2nc(C3CCC(C)C3)no2)CC1. The van der Waals surface area contributed by atoms with E-state index in [9.17, 15) is 0 Å². The van der Waals surface area contributed by atoms with E-state index in [0.717, 1.165) is 30.5 Å². The molecule has 0 amide bonds. The zero-order valence-corrected chi connectivity index (χ0v) is 12.8. The van der Waals surface area contributed by atoms with Crippen molar-refractivity contribution in [2.24, 2.45) is 17.6 Å². The third-order valence-corrected chi connectivity index (χ3v) is 5.50. The Labute approximate surface area is 121 Å². The number of rotatable bonds is 3. The van der Waals surface area contributed by atoms with Crippen molar-refractivity contribution in [3.8, 4) is 0 Å². The van der Waals surface area contributed by atoms with Crippen LogP contribution in [0, 0.1) is 11.8 Å². The zero-order valence-electron chi connectivity index (χ0n) is 12.8. The van der Waals surface area contributed by atoms with Crippen LogP contribution in [0.2, 0.25) is 0 Å². The highest BCUT2D eigenvalue weighted by Gasteiger charge is 2.38. The summed E-state index contributed by atoms with van der Waals surface area (Å²) in [5.74, 6) is 3.67. The maximum absolute atomic E-state index is 6.54. The molecule has 0 saturated heterocycles. The van der Waals surface area contributed by atoms with Crippen molar-refractivity contribution in [3.05, 3.63) is 11.7 Å². The monoisotopic (exact) mass is 277 g/mol. The molecule has 2 atom stereocenters. The second-order valence-electron chi connectivity index (χ2n) is 7.08. The predicted octanol–water partition coefficient (Wildman–Crippen LogP) is 3.73. The first kappa shape index (κ1) is 14.1. The average molecular weight is 277 g/mol. The average Bonchev–Trinajstić information content (AvgIpc) is 3.08. The zero-order chi connectivity index (χ0) is 14.2. The van der Waals surface area contributed by atoms with Crippen LogP contribution in [0.15, 0.2) is 4.52 Å². The van der Waals surface area contributed by atoms with Gasteiger partial charge in [-0.1, -0.05) is 25.4 Å². The summed E-state index contributed by atoms with van der Waals surface area (Å²) in [5.41, 5.74) is 6.17. The minimum absolute atomic E-state index is 0.374. The molecule has 2 aliphatic rings. The van der Waals surface area contributed by atoms with Crippen LogP contribution in [0.3, 0.4) is 0 Å². The van der Waals surface area contributed by atoms with Gasteiger partial charge in [-0.3, -0.25) is 0 Å². The van der Waals surface area contributed by atoms with Gasteiger partial charge in [-0.2, -0.15) is 4.98 Å². The second kappa shape index (κ2) is 5.47. The Hall–Kier alpha value is -0.900. The third-order valence-electron chi connectivity index (χ3n) is 5.50. The van der Waals surface area contributed by atoms with Gasteiger partial charge in [-0.05, 0) is 56.8 Å². The van der Waals surface area contributed by atoms with Crippen molar-refractivity contribution in [1.29, 1.82) is 0 Å². The van der Waals surface area contributed by atoms with Gasteiger partial charge in [0.25, 0.3) is 0 Å². The van der Waals surface area contributed by atoms with Crippen molar-refractivity contribution in [3.63, 3.8) is 0 Å². The van der Waals surface area contributed by atoms with Gasteiger partial charge in [0.05, 0.1) is 5.54 Å². The Morgan fingerprint density at radius 2 is 2.00 bits per heavy atom. The summed E-state index contributed by atoms with van der Waals surface area (Å²) in [6.45, 7) is 4.57. The minimum atomic E-state index is -0.374. The van der Waals surface area contributed by atoms with Crippen LogP contribution in [-0.4, -0.2) is 10.1 Å². The summed E-state index contributed by atoms with van der Waals surface area (Å²) in [6.07, 6.45) is 9.24. The summed E-state index contributed by atoms with van der Waals surface area (Å²) >= 11 is 0. The van der Waals surface area contributed by atoms with Crippen molar-refractivity contribution >= 4 is 0 Å². The molecular weight excluding hydrogens is 250 g/mol. The Bertz CT molecular complexity index is 448. The standard InChI is InChI=1S/C16H27N3O/c1-3-12-6-8-16(17,9-7-12)15-18-14(19-20-15)13-5-4-11(2)10-13/h11-13H,3-10,17H2,1-2H3. The van der Waals surface area contributed by atoms with Crippen LogP contribution in [0.4, 0.5) is 0 Å². The molecule has 1 aromatic rings. The highest BCUT2D eigenvalue weighted by Crippen LogP contribution is 2.40. The number of nitrogens with two attached hydrogens (primary N) is 1. The molecule has 4 heteroatoms. The van der Waals surface area contributed by atoms with E-state index in [1.165, 1.54) is 38.5 Å². The fourth-order valence-electron chi connectivity index (χ4n) is 3.86. The molecule has 4 nitrogen and oxygen atoms in total. The quantitative estimate of drug-likeness (QED) is 0.914. The van der Waals surface area contributed by atoms with E-state index in [0.29, 0.717) is 11.8 Å². The van der Waals surface area contributed by atoms with E-state index in [-0.39, 0.29) is 5.54 Å². The lowest BCUT2D eigenvalue weighted by atomic mass is 9.76. The van der Waals surface area contributed by atoms with E-state index in [1.54, 1.807) is 0 Å². The van der Waals surface area contributed by atoms with Crippen molar-refractivity contribution < 1.29 is 4.52 Å². The van der Waals surface area contributed by atoms with Gasteiger partial charge in [0.1, 0.15) is 0 Å². The van der Waals surface area contributed by atoms with Crippen LogP contribution < -0.4 is 5.73 Å². The molecule has 1 heterocycles.